The number of amides is 2. The van der Waals surface area contributed by atoms with E-state index < -0.39 is 0 Å². The molecule has 2 aliphatic heterocycles. The Hall–Kier alpha value is -3.72. The molecule has 0 saturated carbocycles. The maximum atomic E-state index is 13.0. The molecule has 156 valence electrons. The van der Waals surface area contributed by atoms with Crippen molar-refractivity contribution in [3.63, 3.8) is 0 Å². The Morgan fingerprint density at radius 3 is 2.97 bits per heavy atom. The summed E-state index contributed by atoms with van der Waals surface area (Å²) in [4.78, 5) is 32.1. The van der Waals surface area contributed by atoms with Crippen molar-refractivity contribution in [1.29, 1.82) is 0 Å². The van der Waals surface area contributed by atoms with Crippen molar-refractivity contribution in [2.24, 2.45) is 0 Å². The highest BCUT2D eigenvalue weighted by atomic mass is 32.2. The molecule has 2 aliphatic rings. The molecule has 0 bridgehead atoms. The molecular weight excluding hydrogens is 418 g/mol. The summed E-state index contributed by atoms with van der Waals surface area (Å²) in [6.07, 6.45) is 1.70. The average Bonchev–Trinajstić information content (AvgIpc) is 3.22. The van der Waals surface area contributed by atoms with Crippen molar-refractivity contribution in [1.82, 2.24) is 4.98 Å². The third kappa shape index (κ3) is 3.75. The van der Waals surface area contributed by atoms with E-state index in [0.717, 1.165) is 15.6 Å². The van der Waals surface area contributed by atoms with Crippen molar-refractivity contribution in [3.05, 3.63) is 60.3 Å². The van der Waals surface area contributed by atoms with Gasteiger partial charge in [-0.2, -0.15) is 0 Å². The van der Waals surface area contributed by atoms with Gasteiger partial charge in [-0.15, -0.1) is 0 Å². The predicted molar refractivity (Wildman–Crippen MR) is 114 cm³/mol. The molecule has 1 N–H and O–H groups in total. The van der Waals surface area contributed by atoms with Crippen LogP contribution in [0.2, 0.25) is 0 Å². The maximum absolute atomic E-state index is 13.0. The number of benzene rings is 2. The van der Waals surface area contributed by atoms with Crippen molar-refractivity contribution < 1.29 is 23.8 Å². The smallest absolute Gasteiger partial charge is 0.262 e. The van der Waals surface area contributed by atoms with Gasteiger partial charge in [-0.3, -0.25) is 9.59 Å². The zero-order valence-corrected chi connectivity index (χ0v) is 17.3. The summed E-state index contributed by atoms with van der Waals surface area (Å²) >= 11 is 1.42. The fourth-order valence-corrected chi connectivity index (χ4v) is 4.31. The Kier molecular flexibility index (Phi) is 4.87. The number of hydrogen-bond donors (Lipinski definition) is 1. The molecule has 8 nitrogen and oxygen atoms in total. The van der Waals surface area contributed by atoms with Crippen LogP contribution in [-0.4, -0.2) is 37.2 Å². The number of hydrogen-bond acceptors (Lipinski definition) is 7. The second-order valence-corrected chi connectivity index (χ2v) is 7.89. The molecule has 3 heterocycles. The maximum Gasteiger partial charge on any atom is 0.262 e. The van der Waals surface area contributed by atoms with E-state index in [1.807, 2.05) is 12.1 Å². The Morgan fingerprint density at radius 2 is 2.06 bits per heavy atom. The summed E-state index contributed by atoms with van der Waals surface area (Å²) < 4.78 is 16.1. The van der Waals surface area contributed by atoms with Gasteiger partial charge < -0.3 is 24.4 Å². The summed E-state index contributed by atoms with van der Waals surface area (Å²) in [5.74, 6) is 1.22. The van der Waals surface area contributed by atoms with E-state index >= 15 is 0 Å². The largest absolute Gasteiger partial charge is 0.484 e. The first-order valence-electron chi connectivity index (χ1n) is 9.46. The van der Waals surface area contributed by atoms with E-state index in [0.29, 0.717) is 28.5 Å². The quantitative estimate of drug-likeness (QED) is 0.670. The van der Waals surface area contributed by atoms with Gasteiger partial charge in [0.05, 0.1) is 11.3 Å². The van der Waals surface area contributed by atoms with Crippen LogP contribution in [0.4, 0.5) is 11.4 Å². The third-order valence-electron chi connectivity index (χ3n) is 4.83. The molecule has 0 saturated heterocycles. The highest BCUT2D eigenvalue weighted by molar-refractivity contribution is 7.99. The van der Waals surface area contributed by atoms with E-state index in [-0.39, 0.29) is 25.2 Å². The van der Waals surface area contributed by atoms with Crippen LogP contribution in [0.15, 0.2) is 64.6 Å². The van der Waals surface area contributed by atoms with Crippen LogP contribution in [0.5, 0.6) is 17.2 Å². The van der Waals surface area contributed by atoms with Gasteiger partial charge in [0.2, 0.25) is 6.79 Å². The molecule has 31 heavy (non-hydrogen) atoms. The van der Waals surface area contributed by atoms with E-state index in [4.69, 9.17) is 14.2 Å². The molecule has 3 aromatic rings. The molecule has 0 unspecified atom stereocenters. The van der Waals surface area contributed by atoms with Crippen molar-refractivity contribution in [2.75, 3.05) is 30.7 Å². The van der Waals surface area contributed by atoms with Crippen LogP contribution in [0.3, 0.4) is 0 Å². The van der Waals surface area contributed by atoms with Gasteiger partial charge in [0, 0.05) is 29.9 Å². The molecule has 0 atom stereocenters. The number of rotatable bonds is 4. The normalized spacial score (nSPS) is 13.8. The SMILES string of the molecule is CN1C(=O)c2cc(NC(=O)COc3ccc4c(c3)OCO4)ccc2Sc2ncccc21. The lowest BCUT2D eigenvalue weighted by molar-refractivity contribution is -0.118. The first-order chi connectivity index (χ1) is 15.1. The van der Waals surface area contributed by atoms with Crippen LogP contribution in [0.1, 0.15) is 10.4 Å². The first-order valence-corrected chi connectivity index (χ1v) is 10.3. The fourth-order valence-electron chi connectivity index (χ4n) is 3.29. The van der Waals surface area contributed by atoms with Crippen LogP contribution in [0.25, 0.3) is 0 Å². The minimum Gasteiger partial charge on any atom is -0.484 e. The Labute approximate surface area is 182 Å². The number of aromatic nitrogens is 1. The Morgan fingerprint density at radius 1 is 1.19 bits per heavy atom. The van der Waals surface area contributed by atoms with E-state index in [9.17, 15) is 9.59 Å². The van der Waals surface area contributed by atoms with E-state index in [1.165, 1.54) is 11.8 Å². The summed E-state index contributed by atoms with van der Waals surface area (Å²) in [6, 6.07) is 14.0. The summed E-state index contributed by atoms with van der Waals surface area (Å²) in [5.41, 5.74) is 1.76. The Bertz CT molecular complexity index is 1200. The second kappa shape index (κ2) is 7.84. The molecular formula is C22H17N3O5S. The monoisotopic (exact) mass is 435 g/mol. The van der Waals surface area contributed by atoms with Crippen molar-refractivity contribution >= 4 is 35.0 Å². The summed E-state index contributed by atoms with van der Waals surface area (Å²) in [7, 11) is 1.71. The number of nitrogens with one attached hydrogen (secondary N) is 1. The lowest BCUT2D eigenvalue weighted by atomic mass is 10.1. The number of pyridine rings is 1. The molecule has 1 aromatic heterocycles. The average molecular weight is 435 g/mol. The Balaban J connectivity index is 1.29. The molecule has 2 aromatic carbocycles. The minimum atomic E-state index is -0.343. The van der Waals surface area contributed by atoms with Crippen LogP contribution >= 0.6 is 11.8 Å². The third-order valence-corrected chi connectivity index (χ3v) is 5.92. The lowest BCUT2D eigenvalue weighted by Crippen LogP contribution is -2.26. The summed E-state index contributed by atoms with van der Waals surface area (Å²) in [6.45, 7) is -0.0143. The van der Waals surface area contributed by atoms with Gasteiger partial charge in [0.1, 0.15) is 10.8 Å². The zero-order chi connectivity index (χ0) is 21.4. The highest BCUT2D eigenvalue weighted by Gasteiger charge is 2.26. The van der Waals surface area contributed by atoms with Crippen LogP contribution in [-0.2, 0) is 4.79 Å². The van der Waals surface area contributed by atoms with Crippen LogP contribution in [0, 0.1) is 0 Å². The minimum absolute atomic E-state index is 0.165. The number of fused-ring (bicyclic) bond motifs is 3. The molecule has 2 amide bonds. The standard InChI is InChI=1S/C22H17N3O5S/c1-25-16-3-2-8-23-21(16)31-19-7-4-13(9-15(19)22(25)27)24-20(26)11-28-14-5-6-17-18(10-14)30-12-29-17/h2-10H,11-12H2,1H3,(H,24,26). The molecule has 0 fully saturated rings. The fraction of sp³-hybridized carbons (Fsp3) is 0.136. The van der Waals surface area contributed by atoms with Gasteiger partial charge in [-0.1, -0.05) is 11.8 Å². The lowest BCUT2D eigenvalue weighted by Gasteiger charge is -2.16. The number of anilines is 2. The number of carbonyl (C=O) groups excluding carboxylic acids is 2. The molecule has 0 aliphatic carbocycles. The molecule has 9 heteroatoms. The van der Waals surface area contributed by atoms with Gasteiger partial charge in [0.25, 0.3) is 11.8 Å². The zero-order valence-electron chi connectivity index (χ0n) is 16.5. The van der Waals surface area contributed by atoms with E-state index in [2.05, 4.69) is 10.3 Å². The predicted octanol–water partition coefficient (Wildman–Crippen LogP) is 3.57. The molecule has 0 radical (unpaired) electrons. The second-order valence-electron chi connectivity index (χ2n) is 6.86. The summed E-state index contributed by atoms with van der Waals surface area (Å²) in [5, 5.41) is 3.53. The topological polar surface area (TPSA) is 90.0 Å². The highest BCUT2D eigenvalue weighted by Crippen LogP contribution is 2.40. The van der Waals surface area contributed by atoms with Gasteiger partial charge >= 0.3 is 0 Å². The molecule has 0 spiro atoms. The number of nitrogens with zero attached hydrogens (tertiary/aromatic N) is 2. The van der Waals surface area contributed by atoms with Gasteiger partial charge in [0.15, 0.2) is 18.1 Å². The first kappa shape index (κ1) is 19.3. The van der Waals surface area contributed by atoms with Crippen molar-refractivity contribution in [3.8, 4) is 17.2 Å². The van der Waals surface area contributed by atoms with E-state index in [1.54, 1.807) is 54.5 Å². The van der Waals surface area contributed by atoms with Crippen LogP contribution < -0.4 is 24.4 Å². The van der Waals surface area contributed by atoms with Gasteiger partial charge in [-0.25, -0.2) is 4.98 Å². The molecule has 5 rings (SSSR count). The van der Waals surface area contributed by atoms with Crippen molar-refractivity contribution in [2.45, 2.75) is 9.92 Å². The number of carbonyl (C=O) groups is 2. The number of ether oxygens (including phenoxy) is 3. The van der Waals surface area contributed by atoms with Gasteiger partial charge in [-0.05, 0) is 42.5 Å².